The number of anilines is 2. The summed E-state index contributed by atoms with van der Waals surface area (Å²) in [5, 5.41) is 9.88. The molecule has 1 aromatic heterocycles. The molecule has 3 N–H and O–H groups in total. The second-order valence-corrected chi connectivity index (χ2v) is 6.55. The Morgan fingerprint density at radius 2 is 1.41 bits per heavy atom. The first kappa shape index (κ1) is 18.3. The Labute approximate surface area is 160 Å². The molecule has 0 spiro atoms. The van der Waals surface area contributed by atoms with E-state index >= 15 is 0 Å². The monoisotopic (exact) mass is 379 g/mol. The van der Waals surface area contributed by atoms with Crippen LogP contribution in [0.25, 0.3) is 0 Å². The molecule has 0 aliphatic heterocycles. The molecule has 3 aromatic rings. The van der Waals surface area contributed by atoms with Crippen LogP contribution in [0.4, 0.5) is 11.4 Å². The molecule has 0 saturated carbocycles. The molecule has 7 heteroatoms. The minimum atomic E-state index is -0.338. The number of benzene rings is 2. The van der Waals surface area contributed by atoms with Gasteiger partial charge in [-0.25, -0.2) is 0 Å². The molecule has 0 atom stereocenters. The van der Waals surface area contributed by atoms with Crippen LogP contribution in [0.15, 0.2) is 72.1 Å². The molecule has 0 fully saturated rings. The third kappa shape index (κ3) is 5.26. The highest BCUT2D eigenvalue weighted by atomic mass is 32.1. The summed E-state index contributed by atoms with van der Waals surface area (Å²) in [4.78, 5) is 36.5. The molecule has 6 nitrogen and oxygen atoms in total. The fraction of sp³-hybridized carbons (Fsp3) is 0.0500. The van der Waals surface area contributed by atoms with Crippen LogP contribution in [0.3, 0.4) is 0 Å². The van der Waals surface area contributed by atoms with E-state index in [0.29, 0.717) is 21.8 Å². The first-order valence-electron chi connectivity index (χ1n) is 8.20. The second-order valence-electron chi connectivity index (χ2n) is 5.61. The van der Waals surface area contributed by atoms with Crippen molar-refractivity contribution in [3.63, 3.8) is 0 Å². The summed E-state index contributed by atoms with van der Waals surface area (Å²) in [6.45, 7) is -0.134. The van der Waals surface area contributed by atoms with E-state index in [-0.39, 0.29) is 24.3 Å². The quantitative estimate of drug-likeness (QED) is 0.614. The van der Waals surface area contributed by atoms with Crippen LogP contribution in [-0.2, 0) is 4.79 Å². The number of rotatable bonds is 6. The molecule has 2 aromatic carbocycles. The van der Waals surface area contributed by atoms with Crippen molar-refractivity contribution in [2.45, 2.75) is 0 Å². The Morgan fingerprint density at radius 3 is 2.04 bits per heavy atom. The first-order valence-corrected chi connectivity index (χ1v) is 9.08. The first-order chi connectivity index (χ1) is 13.1. The Morgan fingerprint density at radius 1 is 0.741 bits per heavy atom. The van der Waals surface area contributed by atoms with Gasteiger partial charge >= 0.3 is 0 Å². The molecule has 0 saturated heterocycles. The second kappa shape index (κ2) is 8.77. The highest BCUT2D eigenvalue weighted by Crippen LogP contribution is 2.16. The van der Waals surface area contributed by atoms with Crippen LogP contribution in [0, 0.1) is 0 Å². The lowest BCUT2D eigenvalue weighted by molar-refractivity contribution is -0.115. The zero-order valence-electron chi connectivity index (χ0n) is 14.3. The number of carbonyl (C=O) groups is 3. The topological polar surface area (TPSA) is 87.3 Å². The summed E-state index contributed by atoms with van der Waals surface area (Å²) in [6, 6.07) is 19.0. The lowest BCUT2D eigenvalue weighted by Gasteiger charge is -2.08. The average Bonchev–Trinajstić information content (AvgIpc) is 3.23. The van der Waals surface area contributed by atoms with Gasteiger partial charge in [0.15, 0.2) is 0 Å². The van der Waals surface area contributed by atoms with Crippen LogP contribution >= 0.6 is 11.3 Å². The zero-order valence-corrected chi connectivity index (χ0v) is 15.1. The molecular weight excluding hydrogens is 362 g/mol. The summed E-state index contributed by atoms with van der Waals surface area (Å²) in [7, 11) is 0. The molecule has 0 unspecified atom stereocenters. The van der Waals surface area contributed by atoms with Crippen molar-refractivity contribution in [3.8, 4) is 0 Å². The standard InChI is InChI=1S/C20H17N3O3S/c24-18(13-21-19(25)14-5-2-1-3-6-14)22-15-8-10-16(11-9-15)23-20(26)17-7-4-12-27-17/h1-12H,13H2,(H,21,25)(H,22,24)(H,23,26). The third-order valence-corrected chi connectivity index (χ3v) is 4.49. The van der Waals surface area contributed by atoms with Gasteiger partial charge in [0.25, 0.3) is 11.8 Å². The van der Waals surface area contributed by atoms with Crippen LogP contribution in [0.2, 0.25) is 0 Å². The maximum Gasteiger partial charge on any atom is 0.265 e. The molecule has 3 rings (SSSR count). The summed E-state index contributed by atoms with van der Waals surface area (Å²) < 4.78 is 0. The van der Waals surface area contributed by atoms with E-state index in [1.54, 1.807) is 54.6 Å². The van der Waals surface area contributed by atoms with Gasteiger partial charge in [-0.3, -0.25) is 14.4 Å². The Bertz CT molecular complexity index is 923. The summed E-state index contributed by atoms with van der Waals surface area (Å²) in [5.74, 6) is -0.822. The smallest absolute Gasteiger partial charge is 0.265 e. The van der Waals surface area contributed by atoms with Gasteiger partial charge in [-0.05, 0) is 47.8 Å². The number of thiophene rings is 1. The average molecular weight is 379 g/mol. The van der Waals surface area contributed by atoms with E-state index in [2.05, 4.69) is 16.0 Å². The maximum absolute atomic E-state index is 12.0. The van der Waals surface area contributed by atoms with Crippen molar-refractivity contribution in [3.05, 3.63) is 82.6 Å². The van der Waals surface area contributed by atoms with Crippen molar-refractivity contribution in [1.82, 2.24) is 5.32 Å². The minimum Gasteiger partial charge on any atom is -0.343 e. The molecule has 3 amide bonds. The van der Waals surface area contributed by atoms with E-state index in [1.807, 2.05) is 17.5 Å². The highest BCUT2D eigenvalue weighted by Gasteiger charge is 2.09. The molecule has 0 aliphatic carbocycles. The van der Waals surface area contributed by atoms with Crippen LogP contribution in [0.1, 0.15) is 20.0 Å². The molecule has 0 bridgehead atoms. The fourth-order valence-corrected chi connectivity index (χ4v) is 2.91. The van der Waals surface area contributed by atoms with Gasteiger partial charge in [0.05, 0.1) is 11.4 Å². The van der Waals surface area contributed by atoms with Crippen molar-refractivity contribution in [2.75, 3.05) is 17.2 Å². The van der Waals surface area contributed by atoms with Gasteiger partial charge in [-0.2, -0.15) is 0 Å². The molecular formula is C20H17N3O3S. The van der Waals surface area contributed by atoms with Gasteiger partial charge in [-0.15, -0.1) is 11.3 Å². The van der Waals surface area contributed by atoms with E-state index < -0.39 is 0 Å². The van der Waals surface area contributed by atoms with Crippen molar-refractivity contribution in [1.29, 1.82) is 0 Å². The van der Waals surface area contributed by atoms with Crippen LogP contribution < -0.4 is 16.0 Å². The SMILES string of the molecule is O=C(CNC(=O)c1ccccc1)Nc1ccc(NC(=O)c2cccs2)cc1. The van der Waals surface area contributed by atoms with Crippen molar-refractivity contribution < 1.29 is 14.4 Å². The van der Waals surface area contributed by atoms with Crippen LogP contribution in [0.5, 0.6) is 0 Å². The number of amides is 3. The molecule has 1 heterocycles. The van der Waals surface area contributed by atoms with E-state index in [0.717, 1.165) is 0 Å². The number of nitrogens with one attached hydrogen (secondary N) is 3. The summed E-state index contributed by atoms with van der Waals surface area (Å²) in [6.07, 6.45) is 0. The predicted molar refractivity (Wildman–Crippen MR) is 106 cm³/mol. The Hall–Kier alpha value is -3.45. The molecule has 0 aliphatic rings. The highest BCUT2D eigenvalue weighted by molar-refractivity contribution is 7.12. The van der Waals surface area contributed by atoms with E-state index in [4.69, 9.17) is 0 Å². The Balaban J connectivity index is 1.48. The van der Waals surface area contributed by atoms with E-state index in [9.17, 15) is 14.4 Å². The molecule has 0 radical (unpaired) electrons. The fourth-order valence-electron chi connectivity index (χ4n) is 2.29. The molecule has 136 valence electrons. The van der Waals surface area contributed by atoms with Gasteiger partial charge in [0, 0.05) is 16.9 Å². The summed E-state index contributed by atoms with van der Waals surface area (Å²) in [5.41, 5.74) is 1.70. The maximum atomic E-state index is 12.0. The zero-order chi connectivity index (χ0) is 19.1. The molecule has 27 heavy (non-hydrogen) atoms. The number of carbonyl (C=O) groups excluding carboxylic acids is 3. The lowest BCUT2D eigenvalue weighted by atomic mass is 10.2. The minimum absolute atomic E-state index is 0.134. The predicted octanol–water partition coefficient (Wildman–Crippen LogP) is 3.37. The lowest BCUT2D eigenvalue weighted by Crippen LogP contribution is -2.32. The van der Waals surface area contributed by atoms with E-state index in [1.165, 1.54) is 11.3 Å². The van der Waals surface area contributed by atoms with Gasteiger partial charge in [0.2, 0.25) is 5.91 Å². The number of hydrogen-bond donors (Lipinski definition) is 3. The number of hydrogen-bond acceptors (Lipinski definition) is 4. The normalized spacial score (nSPS) is 10.1. The largest absolute Gasteiger partial charge is 0.343 e. The van der Waals surface area contributed by atoms with Crippen LogP contribution in [-0.4, -0.2) is 24.3 Å². The van der Waals surface area contributed by atoms with Crippen molar-refractivity contribution >= 4 is 40.4 Å². The van der Waals surface area contributed by atoms with Gasteiger partial charge in [0.1, 0.15) is 0 Å². The summed E-state index contributed by atoms with van der Waals surface area (Å²) >= 11 is 1.36. The van der Waals surface area contributed by atoms with Gasteiger partial charge in [-0.1, -0.05) is 24.3 Å². The van der Waals surface area contributed by atoms with Gasteiger partial charge < -0.3 is 16.0 Å². The third-order valence-electron chi connectivity index (χ3n) is 3.62. The Kier molecular flexibility index (Phi) is 5.96. The van der Waals surface area contributed by atoms with Crippen molar-refractivity contribution in [2.24, 2.45) is 0 Å².